The van der Waals surface area contributed by atoms with Gasteiger partial charge in [-0.25, -0.2) is 13.9 Å². The van der Waals surface area contributed by atoms with Gasteiger partial charge in [-0.3, -0.25) is 19.9 Å². The Hall–Kier alpha value is -2.53. The van der Waals surface area contributed by atoms with Crippen LogP contribution in [0.4, 0.5) is 0 Å². The van der Waals surface area contributed by atoms with E-state index in [2.05, 4.69) is 11.1 Å². The summed E-state index contributed by atoms with van der Waals surface area (Å²) in [5.41, 5.74) is 6.31. The molecule has 2 aromatic rings. The van der Waals surface area contributed by atoms with E-state index in [4.69, 9.17) is 4.74 Å². The van der Waals surface area contributed by atoms with Crippen LogP contribution in [0.1, 0.15) is 54.6 Å². The molecular weight excluding hydrogens is 480 g/mol. The largest absolute Gasteiger partial charge is 0.489 e. The highest BCUT2D eigenvalue weighted by atomic mass is 32.2. The summed E-state index contributed by atoms with van der Waals surface area (Å²) in [4.78, 5) is 19.2. The SMILES string of the molecule is Cc1cc(COc2ccc(S(=O)(=O)N3CCN(C4CCC4)C(C(=O)NO)C3)cc2)c2c(n1)CCCC2. The molecule has 1 aliphatic heterocycles. The van der Waals surface area contributed by atoms with E-state index in [1.807, 2.05) is 11.8 Å². The van der Waals surface area contributed by atoms with Crippen LogP contribution >= 0.6 is 0 Å². The third kappa shape index (κ3) is 5.00. The van der Waals surface area contributed by atoms with Crippen LogP contribution in [0, 0.1) is 6.92 Å². The molecule has 1 amide bonds. The fourth-order valence-corrected chi connectivity index (χ4v) is 6.98. The minimum absolute atomic E-state index is 0.00990. The minimum atomic E-state index is -3.79. The van der Waals surface area contributed by atoms with Crippen LogP contribution in [-0.4, -0.2) is 65.4 Å². The fraction of sp³-hybridized carbons (Fsp3) is 0.538. The van der Waals surface area contributed by atoms with Gasteiger partial charge in [-0.05, 0) is 86.9 Å². The van der Waals surface area contributed by atoms with Crippen LogP contribution in [0.2, 0.25) is 0 Å². The highest BCUT2D eigenvalue weighted by Crippen LogP contribution is 2.30. The number of nitrogens with one attached hydrogen (secondary N) is 1. The van der Waals surface area contributed by atoms with Crippen molar-refractivity contribution in [3.8, 4) is 5.75 Å². The van der Waals surface area contributed by atoms with Crippen LogP contribution in [0.5, 0.6) is 5.75 Å². The summed E-state index contributed by atoms with van der Waals surface area (Å²) in [7, 11) is -3.79. The number of hydrogen-bond donors (Lipinski definition) is 2. The zero-order valence-electron chi connectivity index (χ0n) is 20.6. The number of rotatable bonds is 7. The molecular formula is C26H34N4O5S. The van der Waals surface area contributed by atoms with Crippen LogP contribution in [0.25, 0.3) is 0 Å². The van der Waals surface area contributed by atoms with Crippen molar-refractivity contribution in [1.82, 2.24) is 19.7 Å². The first-order valence-electron chi connectivity index (χ1n) is 12.8. The normalized spacial score (nSPS) is 21.4. The standard InChI is InChI=1S/C26H34N4O5S/c1-18-15-19(23-7-2-3-8-24(23)27-18)17-35-21-9-11-22(12-10-21)36(33,34)29-13-14-30(20-5-4-6-20)25(16-29)26(31)28-32/h9-12,15,20,25,32H,2-8,13-14,16-17H2,1H3,(H,28,31). The maximum Gasteiger partial charge on any atom is 0.262 e. The Bertz CT molecular complexity index is 1210. The van der Waals surface area contributed by atoms with Gasteiger partial charge in [0.15, 0.2) is 0 Å². The summed E-state index contributed by atoms with van der Waals surface area (Å²) < 4.78 is 34.1. The molecule has 0 radical (unpaired) electrons. The number of aromatic nitrogens is 1. The number of fused-ring (bicyclic) bond motifs is 1. The Balaban J connectivity index is 1.27. The third-order valence-electron chi connectivity index (χ3n) is 7.72. The summed E-state index contributed by atoms with van der Waals surface area (Å²) in [6, 6.07) is 8.09. The number of aryl methyl sites for hydroxylation is 2. The van der Waals surface area contributed by atoms with Gasteiger partial charge in [-0.1, -0.05) is 6.42 Å². The van der Waals surface area contributed by atoms with Gasteiger partial charge >= 0.3 is 0 Å². The summed E-state index contributed by atoms with van der Waals surface area (Å²) in [5.74, 6) is 0.0272. The Morgan fingerprint density at radius 2 is 1.89 bits per heavy atom. The highest BCUT2D eigenvalue weighted by Gasteiger charge is 2.41. The van der Waals surface area contributed by atoms with Gasteiger partial charge in [-0.2, -0.15) is 4.31 Å². The van der Waals surface area contributed by atoms with Crippen LogP contribution in [-0.2, 0) is 34.3 Å². The smallest absolute Gasteiger partial charge is 0.262 e. The van der Waals surface area contributed by atoms with Gasteiger partial charge in [0.25, 0.3) is 5.91 Å². The number of benzene rings is 1. The van der Waals surface area contributed by atoms with E-state index in [0.717, 1.165) is 49.8 Å². The van der Waals surface area contributed by atoms with E-state index < -0.39 is 22.0 Å². The molecule has 36 heavy (non-hydrogen) atoms. The molecule has 1 aromatic heterocycles. The molecule has 9 nitrogen and oxygen atoms in total. The van der Waals surface area contributed by atoms with Crippen LogP contribution in [0.3, 0.4) is 0 Å². The van der Waals surface area contributed by atoms with E-state index in [1.165, 1.54) is 22.0 Å². The molecule has 3 aliphatic rings. The molecule has 194 valence electrons. The van der Waals surface area contributed by atoms with Gasteiger partial charge in [0.1, 0.15) is 18.4 Å². The third-order valence-corrected chi connectivity index (χ3v) is 9.60. The number of hydroxylamine groups is 1. The number of nitrogens with zero attached hydrogens (tertiary/aromatic N) is 3. The van der Waals surface area contributed by atoms with Crippen molar-refractivity contribution in [3.63, 3.8) is 0 Å². The number of carbonyl (C=O) groups excluding carboxylic acids is 1. The first-order valence-corrected chi connectivity index (χ1v) is 14.2. The zero-order chi connectivity index (χ0) is 25.3. The number of hydrogen-bond acceptors (Lipinski definition) is 7. The Kier molecular flexibility index (Phi) is 7.30. The second-order valence-corrected chi connectivity index (χ2v) is 11.9. The topological polar surface area (TPSA) is 112 Å². The van der Waals surface area contributed by atoms with Crippen molar-refractivity contribution in [2.24, 2.45) is 0 Å². The predicted molar refractivity (Wildman–Crippen MR) is 133 cm³/mol. The number of amides is 1. The van der Waals surface area contributed by atoms with Crippen molar-refractivity contribution in [2.45, 2.75) is 75.5 Å². The molecule has 5 rings (SSSR count). The minimum Gasteiger partial charge on any atom is -0.489 e. The molecule has 2 N–H and O–H groups in total. The lowest BCUT2D eigenvalue weighted by molar-refractivity contribution is -0.138. The average molecular weight is 515 g/mol. The molecule has 1 unspecified atom stereocenters. The second kappa shape index (κ2) is 10.5. The fourth-order valence-electron chi connectivity index (χ4n) is 5.54. The second-order valence-electron chi connectivity index (χ2n) is 9.99. The molecule has 1 saturated heterocycles. The molecule has 2 aliphatic carbocycles. The number of carbonyl (C=O) groups is 1. The Labute approximate surface area is 212 Å². The lowest BCUT2D eigenvalue weighted by Gasteiger charge is -2.46. The van der Waals surface area contributed by atoms with Crippen molar-refractivity contribution < 1.29 is 23.2 Å². The first kappa shape index (κ1) is 25.1. The highest BCUT2D eigenvalue weighted by molar-refractivity contribution is 7.89. The lowest BCUT2D eigenvalue weighted by atomic mass is 9.89. The molecule has 1 saturated carbocycles. The number of ether oxygens (including phenoxy) is 1. The van der Waals surface area contributed by atoms with E-state index in [-0.39, 0.29) is 17.5 Å². The summed E-state index contributed by atoms with van der Waals surface area (Å²) in [6.45, 7) is 3.19. The number of sulfonamides is 1. The van der Waals surface area contributed by atoms with Crippen molar-refractivity contribution in [1.29, 1.82) is 0 Å². The quantitative estimate of drug-likeness (QED) is 0.431. The zero-order valence-corrected chi connectivity index (χ0v) is 21.5. The van der Waals surface area contributed by atoms with Crippen LogP contribution in [0.15, 0.2) is 35.2 Å². The van der Waals surface area contributed by atoms with Gasteiger partial charge in [0.05, 0.1) is 4.90 Å². The molecule has 0 bridgehead atoms. The van der Waals surface area contributed by atoms with Crippen molar-refractivity contribution in [2.75, 3.05) is 19.6 Å². The molecule has 2 heterocycles. The van der Waals surface area contributed by atoms with E-state index in [1.54, 1.807) is 29.7 Å². The number of pyridine rings is 1. The van der Waals surface area contributed by atoms with E-state index in [9.17, 15) is 18.4 Å². The Morgan fingerprint density at radius 3 is 2.58 bits per heavy atom. The maximum absolute atomic E-state index is 13.4. The average Bonchev–Trinajstić information content (AvgIpc) is 2.86. The molecule has 1 aromatic carbocycles. The monoisotopic (exact) mass is 514 g/mol. The van der Waals surface area contributed by atoms with E-state index in [0.29, 0.717) is 25.4 Å². The summed E-state index contributed by atoms with van der Waals surface area (Å²) in [6.07, 6.45) is 7.44. The van der Waals surface area contributed by atoms with Gasteiger partial charge in [-0.15, -0.1) is 0 Å². The van der Waals surface area contributed by atoms with Gasteiger partial charge in [0, 0.05) is 37.1 Å². The molecule has 10 heteroatoms. The maximum atomic E-state index is 13.4. The predicted octanol–water partition coefficient (Wildman–Crippen LogP) is 2.58. The Morgan fingerprint density at radius 1 is 1.14 bits per heavy atom. The lowest BCUT2D eigenvalue weighted by Crippen LogP contribution is -2.63. The van der Waals surface area contributed by atoms with Gasteiger partial charge < -0.3 is 4.74 Å². The van der Waals surface area contributed by atoms with Crippen LogP contribution < -0.4 is 10.2 Å². The van der Waals surface area contributed by atoms with Crippen molar-refractivity contribution in [3.05, 3.63) is 52.8 Å². The molecule has 2 fully saturated rings. The van der Waals surface area contributed by atoms with Gasteiger partial charge in [0.2, 0.25) is 10.0 Å². The first-order chi connectivity index (χ1) is 17.4. The molecule has 1 atom stereocenters. The summed E-state index contributed by atoms with van der Waals surface area (Å²) in [5, 5.41) is 9.22. The molecule has 0 spiro atoms. The van der Waals surface area contributed by atoms with Crippen molar-refractivity contribution >= 4 is 15.9 Å². The number of piperazine rings is 1. The summed E-state index contributed by atoms with van der Waals surface area (Å²) >= 11 is 0. The van der Waals surface area contributed by atoms with E-state index >= 15 is 0 Å².